The summed E-state index contributed by atoms with van der Waals surface area (Å²) in [6, 6.07) is 7.40. The Hall–Kier alpha value is -2.30. The number of rotatable bonds is 6. The number of nitrogens with zero attached hydrogens (tertiary/aromatic N) is 1. The van der Waals surface area contributed by atoms with Crippen molar-refractivity contribution < 1.29 is 9.59 Å². The number of allylic oxidation sites excluding steroid dienone is 2. The number of carbonyl (C=O) groups excluding carboxylic acids is 2. The van der Waals surface area contributed by atoms with Crippen LogP contribution in [0.4, 0.5) is 4.79 Å². The SMILES string of the molecule is CC(C)N(C)C(=O)c1ccc(CNC(=O)NCC2CC=CCC2)cc1. The molecule has 1 aliphatic carbocycles. The minimum Gasteiger partial charge on any atom is -0.339 e. The molecule has 2 rings (SSSR count). The Morgan fingerprint density at radius 1 is 1.16 bits per heavy atom. The van der Waals surface area contributed by atoms with Crippen molar-refractivity contribution >= 4 is 11.9 Å². The topological polar surface area (TPSA) is 61.4 Å². The Morgan fingerprint density at radius 3 is 2.48 bits per heavy atom. The van der Waals surface area contributed by atoms with E-state index in [1.54, 1.807) is 11.9 Å². The highest BCUT2D eigenvalue weighted by Gasteiger charge is 2.14. The lowest BCUT2D eigenvalue weighted by Crippen LogP contribution is -2.38. The summed E-state index contributed by atoms with van der Waals surface area (Å²) in [4.78, 5) is 25.8. The van der Waals surface area contributed by atoms with Crippen LogP contribution < -0.4 is 10.6 Å². The van der Waals surface area contributed by atoms with E-state index in [4.69, 9.17) is 0 Å². The molecule has 0 radical (unpaired) electrons. The smallest absolute Gasteiger partial charge is 0.315 e. The molecule has 1 unspecified atom stereocenters. The van der Waals surface area contributed by atoms with E-state index in [1.807, 2.05) is 38.1 Å². The van der Waals surface area contributed by atoms with Gasteiger partial charge in [0.25, 0.3) is 5.91 Å². The number of amides is 3. The minimum absolute atomic E-state index is 0.00813. The summed E-state index contributed by atoms with van der Waals surface area (Å²) < 4.78 is 0. The van der Waals surface area contributed by atoms with Gasteiger partial charge in [-0.05, 0) is 56.7 Å². The molecule has 1 aliphatic rings. The van der Waals surface area contributed by atoms with E-state index in [0.29, 0.717) is 24.6 Å². The Morgan fingerprint density at radius 2 is 1.88 bits per heavy atom. The molecule has 0 saturated heterocycles. The van der Waals surface area contributed by atoms with Gasteiger partial charge in [0.15, 0.2) is 0 Å². The van der Waals surface area contributed by atoms with Crippen LogP contribution in [-0.4, -0.2) is 36.5 Å². The molecule has 0 saturated carbocycles. The fourth-order valence-electron chi connectivity index (χ4n) is 2.73. The summed E-state index contributed by atoms with van der Waals surface area (Å²) in [6.45, 7) is 5.13. The van der Waals surface area contributed by atoms with Gasteiger partial charge in [-0.1, -0.05) is 24.3 Å². The Bertz CT molecular complexity index is 608. The first-order valence-corrected chi connectivity index (χ1v) is 9.00. The third-order valence-electron chi connectivity index (χ3n) is 4.68. The maximum Gasteiger partial charge on any atom is 0.315 e. The number of hydrogen-bond donors (Lipinski definition) is 2. The quantitative estimate of drug-likeness (QED) is 0.778. The highest BCUT2D eigenvalue weighted by atomic mass is 16.2. The van der Waals surface area contributed by atoms with Crippen molar-refractivity contribution in [2.45, 2.75) is 45.7 Å². The standard InChI is InChI=1S/C20H29N3O2/c1-15(2)23(3)19(24)18-11-9-17(10-12-18)14-22-20(25)21-13-16-7-5-4-6-8-16/h4-5,9-12,15-16H,6-8,13-14H2,1-3H3,(H2,21,22,25). The lowest BCUT2D eigenvalue weighted by atomic mass is 9.94. The second-order valence-electron chi connectivity index (χ2n) is 6.92. The molecule has 0 aromatic heterocycles. The van der Waals surface area contributed by atoms with E-state index in [0.717, 1.165) is 24.8 Å². The second-order valence-corrected chi connectivity index (χ2v) is 6.92. The third kappa shape index (κ3) is 5.93. The predicted molar refractivity (Wildman–Crippen MR) is 100 cm³/mol. The summed E-state index contributed by atoms with van der Waals surface area (Å²) in [7, 11) is 1.80. The van der Waals surface area contributed by atoms with Crippen LogP contribution in [0.25, 0.3) is 0 Å². The summed E-state index contributed by atoms with van der Waals surface area (Å²) >= 11 is 0. The Labute approximate surface area is 150 Å². The van der Waals surface area contributed by atoms with E-state index < -0.39 is 0 Å². The van der Waals surface area contributed by atoms with Gasteiger partial charge in [-0.3, -0.25) is 4.79 Å². The number of nitrogens with one attached hydrogen (secondary N) is 2. The molecule has 1 aromatic rings. The van der Waals surface area contributed by atoms with Gasteiger partial charge >= 0.3 is 6.03 Å². The molecule has 0 fully saturated rings. The lowest BCUT2D eigenvalue weighted by molar-refractivity contribution is 0.0755. The van der Waals surface area contributed by atoms with E-state index in [2.05, 4.69) is 22.8 Å². The second kappa shape index (κ2) is 9.25. The molecule has 0 spiro atoms. The number of urea groups is 1. The maximum atomic E-state index is 12.2. The van der Waals surface area contributed by atoms with Crippen LogP contribution in [0.3, 0.4) is 0 Å². The van der Waals surface area contributed by atoms with E-state index in [9.17, 15) is 9.59 Å². The normalized spacial score (nSPS) is 16.6. The Kier molecular flexibility index (Phi) is 7.04. The van der Waals surface area contributed by atoms with Crippen LogP contribution in [0.15, 0.2) is 36.4 Å². The molecule has 25 heavy (non-hydrogen) atoms. The van der Waals surface area contributed by atoms with Crippen LogP contribution in [0, 0.1) is 5.92 Å². The van der Waals surface area contributed by atoms with Gasteiger partial charge in [-0.2, -0.15) is 0 Å². The first-order chi connectivity index (χ1) is 12.0. The predicted octanol–water partition coefficient (Wildman–Crippen LogP) is 3.32. The van der Waals surface area contributed by atoms with Gasteiger partial charge in [0.2, 0.25) is 0 Å². The van der Waals surface area contributed by atoms with Crippen molar-refractivity contribution in [3.63, 3.8) is 0 Å². The molecular weight excluding hydrogens is 314 g/mol. The lowest BCUT2D eigenvalue weighted by Gasteiger charge is -2.21. The van der Waals surface area contributed by atoms with Crippen molar-refractivity contribution in [1.29, 1.82) is 0 Å². The maximum absolute atomic E-state index is 12.2. The molecule has 0 heterocycles. The zero-order valence-electron chi connectivity index (χ0n) is 15.4. The molecule has 5 nitrogen and oxygen atoms in total. The molecule has 1 aromatic carbocycles. The van der Waals surface area contributed by atoms with E-state index in [-0.39, 0.29) is 18.0 Å². The summed E-state index contributed by atoms with van der Waals surface area (Å²) in [5.41, 5.74) is 1.63. The van der Waals surface area contributed by atoms with Crippen LogP contribution in [0.5, 0.6) is 0 Å². The van der Waals surface area contributed by atoms with Crippen LogP contribution in [0.2, 0.25) is 0 Å². The van der Waals surface area contributed by atoms with Gasteiger partial charge in [0.1, 0.15) is 0 Å². The zero-order chi connectivity index (χ0) is 18.2. The minimum atomic E-state index is -0.144. The van der Waals surface area contributed by atoms with Crippen molar-refractivity contribution in [1.82, 2.24) is 15.5 Å². The molecule has 1 atom stereocenters. The third-order valence-corrected chi connectivity index (χ3v) is 4.68. The van der Waals surface area contributed by atoms with Gasteiger partial charge in [0.05, 0.1) is 0 Å². The molecule has 0 aliphatic heterocycles. The van der Waals surface area contributed by atoms with Crippen LogP contribution >= 0.6 is 0 Å². The van der Waals surface area contributed by atoms with Crippen LogP contribution in [-0.2, 0) is 6.54 Å². The number of hydrogen-bond acceptors (Lipinski definition) is 2. The van der Waals surface area contributed by atoms with E-state index in [1.165, 1.54) is 0 Å². The molecular formula is C20H29N3O2. The summed E-state index contributed by atoms with van der Waals surface area (Å²) in [5.74, 6) is 0.549. The van der Waals surface area contributed by atoms with Gasteiger partial charge in [-0.15, -0.1) is 0 Å². The average molecular weight is 343 g/mol. The average Bonchev–Trinajstić information content (AvgIpc) is 2.64. The summed E-state index contributed by atoms with van der Waals surface area (Å²) in [6.07, 6.45) is 7.67. The van der Waals surface area contributed by atoms with Gasteiger partial charge < -0.3 is 15.5 Å². The number of benzene rings is 1. The fraction of sp³-hybridized carbons (Fsp3) is 0.500. The Balaban J connectivity index is 1.76. The highest BCUT2D eigenvalue weighted by molar-refractivity contribution is 5.94. The van der Waals surface area contributed by atoms with Gasteiger partial charge in [-0.25, -0.2) is 4.79 Å². The van der Waals surface area contributed by atoms with Crippen molar-refractivity contribution in [3.05, 3.63) is 47.5 Å². The fourth-order valence-corrected chi connectivity index (χ4v) is 2.73. The number of carbonyl (C=O) groups is 2. The molecule has 0 bridgehead atoms. The van der Waals surface area contributed by atoms with Crippen molar-refractivity contribution in [2.75, 3.05) is 13.6 Å². The zero-order valence-corrected chi connectivity index (χ0v) is 15.4. The molecule has 136 valence electrons. The van der Waals surface area contributed by atoms with Crippen LogP contribution in [0.1, 0.15) is 49.0 Å². The molecule has 2 N–H and O–H groups in total. The monoisotopic (exact) mass is 343 g/mol. The molecule has 3 amide bonds. The summed E-state index contributed by atoms with van der Waals surface area (Å²) in [5, 5.41) is 5.80. The van der Waals surface area contributed by atoms with Crippen molar-refractivity contribution in [3.8, 4) is 0 Å². The first kappa shape index (κ1) is 19.0. The van der Waals surface area contributed by atoms with Gasteiger partial charge in [0, 0.05) is 31.7 Å². The highest BCUT2D eigenvalue weighted by Crippen LogP contribution is 2.16. The van der Waals surface area contributed by atoms with Crippen molar-refractivity contribution in [2.24, 2.45) is 5.92 Å². The molecule has 5 heteroatoms. The van der Waals surface area contributed by atoms with E-state index >= 15 is 0 Å². The largest absolute Gasteiger partial charge is 0.339 e. The first-order valence-electron chi connectivity index (χ1n) is 9.00.